The molecule has 0 N–H and O–H groups in total. The molecule has 2 atom stereocenters. The largest absolute Gasteiger partial charge is 0.472 e. The Morgan fingerprint density at radius 2 is 1.77 bits per heavy atom. The van der Waals surface area contributed by atoms with Crippen LogP contribution in [-0.4, -0.2) is 28.6 Å². The standard InChI is InChI=1S/C33H48O5SSi/c1-26(16-19-38-40(6,7)33(3,4)5)12-11-13-27(2)20-32(39(34,35)31-14-9-8-10-15-31)23-29-22-30(37-25-29)21-28-17-18-36-24-28/h8-10,13-15,17-18,22,24-26,32H,11-12,16,19-21,23H2,1-7H3/b27-13-. The van der Waals surface area contributed by atoms with Crippen LogP contribution in [0.4, 0.5) is 0 Å². The molecule has 0 saturated heterocycles. The fourth-order valence-electron chi connectivity index (χ4n) is 4.51. The minimum Gasteiger partial charge on any atom is -0.472 e. The third-order valence-corrected chi connectivity index (χ3v) is 14.9. The normalized spacial score (nSPS) is 14.8. The maximum atomic E-state index is 13.7. The number of rotatable bonds is 15. The predicted molar refractivity (Wildman–Crippen MR) is 166 cm³/mol. The van der Waals surface area contributed by atoms with Crippen molar-refractivity contribution >= 4 is 18.2 Å². The molecule has 7 heteroatoms. The zero-order valence-electron chi connectivity index (χ0n) is 25.4. The summed E-state index contributed by atoms with van der Waals surface area (Å²) in [5, 5.41) is -0.342. The number of hydrogen-bond acceptors (Lipinski definition) is 5. The molecule has 2 unspecified atom stereocenters. The van der Waals surface area contributed by atoms with Crippen molar-refractivity contribution in [3.8, 4) is 0 Å². The van der Waals surface area contributed by atoms with E-state index >= 15 is 0 Å². The molecular formula is C33H48O5SSi. The average Bonchev–Trinajstić information content (AvgIpc) is 3.56. The van der Waals surface area contributed by atoms with E-state index in [1.54, 1.807) is 43.1 Å². The van der Waals surface area contributed by atoms with Gasteiger partial charge >= 0.3 is 0 Å². The van der Waals surface area contributed by atoms with Crippen molar-refractivity contribution in [2.45, 2.75) is 101 Å². The van der Waals surface area contributed by atoms with Gasteiger partial charge < -0.3 is 13.3 Å². The van der Waals surface area contributed by atoms with Gasteiger partial charge in [0.2, 0.25) is 0 Å². The lowest BCUT2D eigenvalue weighted by Gasteiger charge is -2.36. The number of hydrogen-bond donors (Lipinski definition) is 0. The van der Waals surface area contributed by atoms with Crippen molar-refractivity contribution in [1.29, 1.82) is 0 Å². The molecule has 2 heterocycles. The highest BCUT2D eigenvalue weighted by Crippen LogP contribution is 2.36. The number of furan rings is 2. The summed E-state index contributed by atoms with van der Waals surface area (Å²) >= 11 is 0. The van der Waals surface area contributed by atoms with Crippen molar-refractivity contribution in [2.75, 3.05) is 6.61 Å². The smallest absolute Gasteiger partial charge is 0.191 e. The van der Waals surface area contributed by atoms with Crippen molar-refractivity contribution in [3.63, 3.8) is 0 Å². The van der Waals surface area contributed by atoms with Crippen molar-refractivity contribution in [1.82, 2.24) is 0 Å². The zero-order valence-corrected chi connectivity index (χ0v) is 27.2. The summed E-state index contributed by atoms with van der Waals surface area (Å²) in [7, 11) is -5.24. The molecule has 0 aliphatic heterocycles. The highest BCUT2D eigenvalue weighted by Gasteiger charge is 2.37. The first-order chi connectivity index (χ1) is 18.8. The van der Waals surface area contributed by atoms with E-state index in [0.717, 1.165) is 48.3 Å². The molecule has 2 aromatic heterocycles. The highest BCUT2D eigenvalue weighted by atomic mass is 32.2. The fourth-order valence-corrected chi connectivity index (χ4v) is 7.39. The number of allylic oxidation sites excluding steroid dienone is 2. The minimum absolute atomic E-state index is 0.227. The summed E-state index contributed by atoms with van der Waals surface area (Å²) in [6.45, 7) is 16.6. The molecule has 5 nitrogen and oxygen atoms in total. The Balaban J connectivity index is 1.62. The molecule has 0 aliphatic rings. The van der Waals surface area contributed by atoms with Crippen LogP contribution in [0.3, 0.4) is 0 Å². The molecule has 3 rings (SSSR count). The first-order valence-corrected chi connectivity index (χ1v) is 18.9. The Bertz CT molecular complexity index is 1300. The van der Waals surface area contributed by atoms with Gasteiger partial charge in [0.05, 0.1) is 28.9 Å². The van der Waals surface area contributed by atoms with Gasteiger partial charge in [-0.2, -0.15) is 0 Å². The Labute approximate surface area is 243 Å². The Morgan fingerprint density at radius 1 is 1.05 bits per heavy atom. The monoisotopic (exact) mass is 584 g/mol. The van der Waals surface area contributed by atoms with Gasteiger partial charge in [-0.1, -0.05) is 57.5 Å². The lowest BCUT2D eigenvalue weighted by atomic mass is 10.00. The molecule has 0 bridgehead atoms. The van der Waals surface area contributed by atoms with Crippen LogP contribution in [0.5, 0.6) is 0 Å². The second kappa shape index (κ2) is 14.0. The van der Waals surface area contributed by atoms with E-state index in [-0.39, 0.29) is 5.04 Å². The summed E-state index contributed by atoms with van der Waals surface area (Å²) in [4.78, 5) is 0.366. The van der Waals surface area contributed by atoms with Crippen LogP contribution in [0.1, 0.15) is 77.2 Å². The van der Waals surface area contributed by atoms with Crippen molar-refractivity contribution < 1.29 is 21.7 Å². The van der Waals surface area contributed by atoms with Crippen LogP contribution in [0.2, 0.25) is 18.1 Å². The van der Waals surface area contributed by atoms with E-state index in [2.05, 4.69) is 53.8 Å². The van der Waals surface area contributed by atoms with Crippen molar-refractivity contribution in [2.24, 2.45) is 5.92 Å². The molecular weight excluding hydrogens is 537 g/mol. The molecule has 220 valence electrons. The third kappa shape index (κ3) is 9.35. The maximum Gasteiger partial charge on any atom is 0.191 e. The van der Waals surface area contributed by atoms with Gasteiger partial charge in [0, 0.05) is 13.0 Å². The van der Waals surface area contributed by atoms with Gasteiger partial charge in [0.25, 0.3) is 0 Å². The average molecular weight is 585 g/mol. The summed E-state index contributed by atoms with van der Waals surface area (Å²) in [6, 6.07) is 12.7. The molecule has 0 radical (unpaired) electrons. The van der Waals surface area contributed by atoms with Gasteiger partial charge in [0.1, 0.15) is 5.76 Å². The van der Waals surface area contributed by atoms with E-state index in [1.165, 1.54) is 0 Å². The summed E-state index contributed by atoms with van der Waals surface area (Å²) in [5.74, 6) is 1.35. The SMILES string of the molecule is C/C(=C/CCC(C)CCO[Si](C)(C)C(C)(C)C)CC(Cc1coc(Cc2ccoc2)c1)S(=O)(=O)c1ccccc1. The zero-order chi connectivity index (χ0) is 29.4. The van der Waals surface area contributed by atoms with E-state index in [1.807, 2.05) is 18.2 Å². The number of benzene rings is 1. The Morgan fingerprint density at radius 3 is 2.42 bits per heavy atom. The van der Waals surface area contributed by atoms with Crippen molar-refractivity contribution in [3.05, 3.63) is 89.8 Å². The lowest BCUT2D eigenvalue weighted by Crippen LogP contribution is -2.41. The van der Waals surface area contributed by atoms with E-state index < -0.39 is 23.4 Å². The van der Waals surface area contributed by atoms with Gasteiger partial charge in [-0.05, 0) is 98.5 Å². The van der Waals surface area contributed by atoms with Crippen LogP contribution in [0, 0.1) is 5.92 Å². The van der Waals surface area contributed by atoms with Gasteiger partial charge in [-0.3, -0.25) is 0 Å². The number of sulfone groups is 1. The second-order valence-corrected chi connectivity index (χ2v) is 19.8. The van der Waals surface area contributed by atoms with Gasteiger partial charge in [0.15, 0.2) is 18.2 Å². The van der Waals surface area contributed by atoms with Gasteiger partial charge in [-0.25, -0.2) is 8.42 Å². The Kier molecular flexibility index (Phi) is 11.3. The molecule has 0 fully saturated rings. The fraction of sp³-hybridized carbons (Fsp3) is 0.515. The predicted octanol–water partition coefficient (Wildman–Crippen LogP) is 9.01. The third-order valence-electron chi connectivity index (χ3n) is 8.22. The molecule has 0 saturated carbocycles. The summed E-state index contributed by atoms with van der Waals surface area (Å²) in [5.41, 5.74) is 3.02. The molecule has 1 aromatic carbocycles. The van der Waals surface area contributed by atoms with E-state index in [0.29, 0.717) is 30.1 Å². The van der Waals surface area contributed by atoms with Crippen LogP contribution >= 0.6 is 0 Å². The summed E-state index contributed by atoms with van der Waals surface area (Å²) < 4.78 is 44.7. The van der Waals surface area contributed by atoms with E-state index in [4.69, 9.17) is 13.3 Å². The van der Waals surface area contributed by atoms with Crippen LogP contribution < -0.4 is 0 Å². The maximum absolute atomic E-state index is 13.7. The molecule has 3 aromatic rings. The molecule has 0 amide bonds. The highest BCUT2D eigenvalue weighted by molar-refractivity contribution is 7.92. The molecule has 0 aliphatic carbocycles. The van der Waals surface area contributed by atoms with Crippen LogP contribution in [-0.2, 0) is 27.1 Å². The first kappa shape index (κ1) is 32.2. The topological polar surface area (TPSA) is 69.7 Å². The molecule has 40 heavy (non-hydrogen) atoms. The molecule has 0 spiro atoms. The van der Waals surface area contributed by atoms with Crippen LogP contribution in [0.25, 0.3) is 0 Å². The Hall–Kier alpha value is -2.35. The minimum atomic E-state index is -3.52. The second-order valence-electron chi connectivity index (χ2n) is 12.7. The first-order valence-electron chi connectivity index (χ1n) is 14.4. The van der Waals surface area contributed by atoms with E-state index in [9.17, 15) is 8.42 Å². The summed E-state index contributed by atoms with van der Waals surface area (Å²) in [6.07, 6.45) is 11.8. The van der Waals surface area contributed by atoms with Gasteiger partial charge in [-0.15, -0.1) is 0 Å². The quantitative estimate of drug-likeness (QED) is 0.132. The lowest BCUT2D eigenvalue weighted by molar-refractivity contribution is 0.257. The van der Waals surface area contributed by atoms with Crippen LogP contribution in [0.15, 0.2) is 86.6 Å².